The van der Waals surface area contributed by atoms with E-state index in [1.165, 1.54) is 25.7 Å². The van der Waals surface area contributed by atoms with Crippen molar-refractivity contribution in [2.24, 2.45) is 0 Å². The normalized spacial score (nSPS) is 29.9. The minimum atomic E-state index is 0.407. The summed E-state index contributed by atoms with van der Waals surface area (Å²) < 4.78 is 5.84. The largest absolute Gasteiger partial charge is 0.374 e. The number of rotatable bonds is 1. The first-order chi connectivity index (χ1) is 7.95. The summed E-state index contributed by atoms with van der Waals surface area (Å²) in [5, 5.41) is 0. The van der Waals surface area contributed by atoms with E-state index in [9.17, 15) is 0 Å². The molecule has 1 aliphatic heterocycles. The molecule has 2 fully saturated rings. The number of fused-ring (bicyclic) bond motifs is 1. The third kappa shape index (κ3) is 1.78. The molecule has 0 amide bonds. The van der Waals surface area contributed by atoms with Crippen molar-refractivity contribution < 1.29 is 4.74 Å². The molecule has 2 atom stereocenters. The Morgan fingerprint density at radius 3 is 3.06 bits per heavy atom. The molecule has 0 bridgehead atoms. The van der Waals surface area contributed by atoms with Gasteiger partial charge in [0.25, 0.3) is 0 Å². The fourth-order valence-electron chi connectivity index (χ4n) is 2.82. The first kappa shape index (κ1) is 10.0. The van der Waals surface area contributed by atoms with Crippen LogP contribution in [0.4, 0.5) is 5.82 Å². The molecule has 0 radical (unpaired) electrons. The highest BCUT2D eigenvalue weighted by atomic mass is 16.5. The summed E-state index contributed by atoms with van der Waals surface area (Å²) in [6, 6.07) is 0.513. The van der Waals surface area contributed by atoms with Gasteiger partial charge in [-0.3, -0.25) is 4.98 Å². The number of hydrogen-bond acceptors (Lipinski definition) is 4. The van der Waals surface area contributed by atoms with E-state index in [4.69, 9.17) is 4.74 Å². The zero-order valence-corrected chi connectivity index (χ0v) is 9.38. The van der Waals surface area contributed by atoms with E-state index in [0.717, 1.165) is 19.0 Å². The first-order valence-electron chi connectivity index (χ1n) is 6.09. The van der Waals surface area contributed by atoms with Gasteiger partial charge < -0.3 is 9.64 Å². The van der Waals surface area contributed by atoms with Crippen LogP contribution in [-0.4, -0.2) is 35.3 Å². The molecule has 2 aliphatic rings. The lowest BCUT2D eigenvalue weighted by Crippen LogP contribution is -2.53. The van der Waals surface area contributed by atoms with E-state index in [1.54, 1.807) is 12.4 Å². The fourth-order valence-corrected chi connectivity index (χ4v) is 2.82. The van der Waals surface area contributed by atoms with Crippen molar-refractivity contribution in [1.29, 1.82) is 0 Å². The molecule has 16 heavy (non-hydrogen) atoms. The number of nitrogens with zero attached hydrogens (tertiary/aromatic N) is 3. The van der Waals surface area contributed by atoms with Crippen molar-refractivity contribution in [3.8, 4) is 0 Å². The Balaban J connectivity index is 1.83. The molecular weight excluding hydrogens is 202 g/mol. The lowest BCUT2D eigenvalue weighted by molar-refractivity contribution is -0.00901. The SMILES string of the molecule is c1cnc(N2CCO[C@@H]3CCCC[C@@H]32)cn1. The molecule has 0 unspecified atom stereocenters. The Hall–Kier alpha value is -1.16. The number of anilines is 1. The Morgan fingerprint density at radius 2 is 2.19 bits per heavy atom. The third-order valence-corrected chi connectivity index (χ3v) is 3.58. The van der Waals surface area contributed by atoms with E-state index < -0.39 is 0 Å². The third-order valence-electron chi connectivity index (χ3n) is 3.58. The molecule has 0 spiro atoms. The van der Waals surface area contributed by atoms with Crippen LogP contribution in [0.3, 0.4) is 0 Å². The van der Waals surface area contributed by atoms with Gasteiger partial charge in [0.1, 0.15) is 5.82 Å². The van der Waals surface area contributed by atoms with Crippen molar-refractivity contribution in [1.82, 2.24) is 9.97 Å². The Bertz CT molecular complexity index is 341. The lowest BCUT2D eigenvalue weighted by atomic mass is 9.90. The molecule has 2 heterocycles. The predicted molar refractivity (Wildman–Crippen MR) is 61.4 cm³/mol. The number of aromatic nitrogens is 2. The monoisotopic (exact) mass is 219 g/mol. The van der Waals surface area contributed by atoms with E-state index in [1.807, 2.05) is 6.20 Å². The molecule has 1 aliphatic carbocycles. The Labute approximate surface area is 95.7 Å². The highest BCUT2D eigenvalue weighted by molar-refractivity contribution is 5.38. The van der Waals surface area contributed by atoms with Crippen molar-refractivity contribution in [2.75, 3.05) is 18.1 Å². The lowest BCUT2D eigenvalue weighted by Gasteiger charge is -2.44. The Morgan fingerprint density at radius 1 is 1.25 bits per heavy atom. The van der Waals surface area contributed by atoms with Gasteiger partial charge in [-0.2, -0.15) is 0 Å². The molecule has 0 aromatic carbocycles. The number of ether oxygens (including phenoxy) is 1. The van der Waals surface area contributed by atoms with Crippen molar-refractivity contribution in [3.63, 3.8) is 0 Å². The van der Waals surface area contributed by atoms with Crippen molar-refractivity contribution >= 4 is 5.82 Å². The summed E-state index contributed by atoms with van der Waals surface area (Å²) in [4.78, 5) is 10.9. The van der Waals surface area contributed by atoms with Gasteiger partial charge in [-0.05, 0) is 12.8 Å². The standard InChI is InChI=1S/C12H17N3O/c1-2-4-11-10(3-1)15(7-8-16-11)12-9-13-5-6-14-12/h5-6,9-11H,1-4,7-8H2/t10-,11+/m0/s1. The topological polar surface area (TPSA) is 38.2 Å². The van der Waals surface area contributed by atoms with Gasteiger partial charge in [0.2, 0.25) is 0 Å². The van der Waals surface area contributed by atoms with Gasteiger partial charge in [-0.1, -0.05) is 12.8 Å². The predicted octanol–water partition coefficient (Wildman–Crippen LogP) is 1.62. The van der Waals surface area contributed by atoms with E-state index >= 15 is 0 Å². The summed E-state index contributed by atoms with van der Waals surface area (Å²) in [7, 11) is 0. The molecule has 4 heteroatoms. The quantitative estimate of drug-likeness (QED) is 0.719. The number of morpholine rings is 1. The second kappa shape index (κ2) is 4.37. The van der Waals surface area contributed by atoms with Gasteiger partial charge in [0, 0.05) is 18.9 Å². The molecule has 0 N–H and O–H groups in total. The highest BCUT2D eigenvalue weighted by Gasteiger charge is 2.34. The molecule has 1 aromatic rings. The minimum Gasteiger partial charge on any atom is -0.374 e. The molecule has 1 aromatic heterocycles. The molecule has 86 valence electrons. The van der Waals surface area contributed by atoms with Crippen LogP contribution in [0.25, 0.3) is 0 Å². The van der Waals surface area contributed by atoms with Gasteiger partial charge in [-0.25, -0.2) is 4.98 Å². The second-order valence-corrected chi connectivity index (χ2v) is 4.52. The van der Waals surface area contributed by atoms with Crippen LogP contribution in [0.5, 0.6) is 0 Å². The van der Waals surface area contributed by atoms with Gasteiger partial charge >= 0.3 is 0 Å². The summed E-state index contributed by atoms with van der Waals surface area (Å²) in [6.07, 6.45) is 10.8. The maximum Gasteiger partial charge on any atom is 0.147 e. The van der Waals surface area contributed by atoms with Crippen molar-refractivity contribution in [2.45, 2.75) is 37.8 Å². The van der Waals surface area contributed by atoms with Gasteiger partial charge in [0.05, 0.1) is 24.9 Å². The maximum atomic E-state index is 5.84. The van der Waals surface area contributed by atoms with Gasteiger partial charge in [0.15, 0.2) is 0 Å². The average molecular weight is 219 g/mol. The van der Waals surface area contributed by atoms with Crippen LogP contribution >= 0.6 is 0 Å². The zero-order valence-electron chi connectivity index (χ0n) is 9.38. The second-order valence-electron chi connectivity index (χ2n) is 4.52. The van der Waals surface area contributed by atoms with E-state index in [-0.39, 0.29) is 0 Å². The summed E-state index contributed by atoms with van der Waals surface area (Å²) in [5.74, 6) is 1.00. The fraction of sp³-hybridized carbons (Fsp3) is 0.667. The molecule has 3 rings (SSSR count). The summed E-state index contributed by atoms with van der Waals surface area (Å²) in [6.45, 7) is 1.76. The van der Waals surface area contributed by atoms with E-state index in [2.05, 4.69) is 14.9 Å². The van der Waals surface area contributed by atoms with Crippen molar-refractivity contribution in [3.05, 3.63) is 18.6 Å². The van der Waals surface area contributed by atoms with Crippen LogP contribution in [0.15, 0.2) is 18.6 Å². The summed E-state index contributed by atoms with van der Waals surface area (Å²) in [5.41, 5.74) is 0. The molecule has 1 saturated carbocycles. The smallest absolute Gasteiger partial charge is 0.147 e. The maximum absolute atomic E-state index is 5.84. The average Bonchev–Trinajstić information content (AvgIpc) is 2.39. The van der Waals surface area contributed by atoms with E-state index in [0.29, 0.717) is 12.1 Å². The highest BCUT2D eigenvalue weighted by Crippen LogP contribution is 2.30. The van der Waals surface area contributed by atoms with Gasteiger partial charge in [-0.15, -0.1) is 0 Å². The Kier molecular flexibility index (Phi) is 2.74. The minimum absolute atomic E-state index is 0.407. The summed E-state index contributed by atoms with van der Waals surface area (Å²) >= 11 is 0. The van der Waals surface area contributed by atoms with Crippen LogP contribution in [0.2, 0.25) is 0 Å². The van der Waals surface area contributed by atoms with Crippen LogP contribution in [0, 0.1) is 0 Å². The molecule has 1 saturated heterocycles. The van der Waals surface area contributed by atoms with Crippen LogP contribution < -0.4 is 4.90 Å². The van der Waals surface area contributed by atoms with Crippen LogP contribution in [0.1, 0.15) is 25.7 Å². The first-order valence-corrected chi connectivity index (χ1v) is 6.09. The zero-order chi connectivity index (χ0) is 10.8. The molecular formula is C12H17N3O. The van der Waals surface area contributed by atoms with Crippen LogP contribution in [-0.2, 0) is 4.74 Å². The molecule has 4 nitrogen and oxygen atoms in total. The number of hydrogen-bond donors (Lipinski definition) is 0.